The molecule has 1 atom stereocenters. The Kier molecular flexibility index (Phi) is 5.48. The van der Waals surface area contributed by atoms with Crippen LogP contribution in [-0.2, 0) is 0 Å². The average molecular weight is 254 g/mol. The minimum absolute atomic E-state index is 0.180. The smallest absolute Gasteiger partial charge is 0.0406 e. The number of rotatable bonds is 6. The van der Waals surface area contributed by atoms with E-state index < -0.39 is 0 Å². The van der Waals surface area contributed by atoms with Gasteiger partial charge in [0, 0.05) is 16.6 Å². The fourth-order valence-electron chi connectivity index (χ4n) is 1.88. The van der Waals surface area contributed by atoms with E-state index in [-0.39, 0.29) is 5.54 Å². The number of nitrogens with one attached hydrogen (secondary N) is 1. The summed E-state index contributed by atoms with van der Waals surface area (Å²) in [6.45, 7) is 8.96. The first-order chi connectivity index (χ1) is 7.98. The van der Waals surface area contributed by atoms with Crippen molar-refractivity contribution < 1.29 is 0 Å². The van der Waals surface area contributed by atoms with Crippen molar-refractivity contribution in [3.05, 3.63) is 34.9 Å². The largest absolute Gasteiger partial charge is 0.305 e. The van der Waals surface area contributed by atoms with Crippen molar-refractivity contribution in [1.82, 2.24) is 5.32 Å². The molecule has 1 rings (SSSR count). The SMILES string of the molecule is CCCC(NC(C)(C)CC)c1ccc(Cl)cc1. The van der Waals surface area contributed by atoms with E-state index in [0.29, 0.717) is 6.04 Å². The highest BCUT2D eigenvalue weighted by Gasteiger charge is 2.20. The lowest BCUT2D eigenvalue weighted by Gasteiger charge is -2.31. The predicted octanol–water partition coefficient (Wildman–Crippen LogP) is 4.96. The van der Waals surface area contributed by atoms with Gasteiger partial charge in [-0.05, 0) is 44.4 Å². The second-order valence-electron chi connectivity index (χ2n) is 5.27. The Bertz CT molecular complexity index is 329. The molecule has 0 aromatic heterocycles. The molecular weight excluding hydrogens is 230 g/mol. The summed E-state index contributed by atoms with van der Waals surface area (Å²) >= 11 is 5.93. The molecule has 17 heavy (non-hydrogen) atoms. The molecule has 0 radical (unpaired) electrons. The van der Waals surface area contributed by atoms with E-state index in [1.165, 1.54) is 12.0 Å². The van der Waals surface area contributed by atoms with Crippen LogP contribution in [0.15, 0.2) is 24.3 Å². The zero-order valence-corrected chi connectivity index (χ0v) is 12.1. The lowest BCUT2D eigenvalue weighted by atomic mass is 9.95. The van der Waals surface area contributed by atoms with Gasteiger partial charge in [0.05, 0.1) is 0 Å². The normalized spacial score (nSPS) is 13.7. The van der Waals surface area contributed by atoms with E-state index in [0.717, 1.165) is 17.9 Å². The van der Waals surface area contributed by atoms with Crippen LogP contribution >= 0.6 is 11.6 Å². The summed E-state index contributed by atoms with van der Waals surface area (Å²) in [6.07, 6.45) is 3.46. The van der Waals surface area contributed by atoms with Crippen LogP contribution in [0, 0.1) is 0 Å². The van der Waals surface area contributed by atoms with Gasteiger partial charge in [0.2, 0.25) is 0 Å². The highest BCUT2D eigenvalue weighted by Crippen LogP contribution is 2.24. The predicted molar refractivity (Wildman–Crippen MR) is 76.6 cm³/mol. The molecule has 96 valence electrons. The highest BCUT2D eigenvalue weighted by atomic mass is 35.5. The first kappa shape index (κ1) is 14.5. The Morgan fingerprint density at radius 2 is 1.76 bits per heavy atom. The standard InChI is InChI=1S/C15H24ClN/c1-5-7-14(17-15(3,4)6-2)12-8-10-13(16)11-9-12/h8-11,14,17H,5-7H2,1-4H3. The summed E-state index contributed by atoms with van der Waals surface area (Å²) in [6, 6.07) is 8.62. The molecular formula is C15H24ClN. The monoisotopic (exact) mass is 253 g/mol. The quantitative estimate of drug-likeness (QED) is 0.756. The summed E-state index contributed by atoms with van der Waals surface area (Å²) in [4.78, 5) is 0. The van der Waals surface area contributed by atoms with Gasteiger partial charge in [0.25, 0.3) is 0 Å². The molecule has 0 saturated heterocycles. The third kappa shape index (κ3) is 4.69. The van der Waals surface area contributed by atoms with E-state index in [9.17, 15) is 0 Å². The van der Waals surface area contributed by atoms with Gasteiger partial charge in [-0.3, -0.25) is 0 Å². The van der Waals surface area contributed by atoms with E-state index in [1.807, 2.05) is 12.1 Å². The van der Waals surface area contributed by atoms with Gasteiger partial charge < -0.3 is 5.32 Å². The van der Waals surface area contributed by atoms with Crippen molar-refractivity contribution in [2.75, 3.05) is 0 Å². The van der Waals surface area contributed by atoms with E-state index in [2.05, 4.69) is 45.1 Å². The minimum atomic E-state index is 0.180. The van der Waals surface area contributed by atoms with Gasteiger partial charge in [-0.2, -0.15) is 0 Å². The molecule has 1 nitrogen and oxygen atoms in total. The topological polar surface area (TPSA) is 12.0 Å². The number of hydrogen-bond acceptors (Lipinski definition) is 1. The van der Waals surface area contributed by atoms with Crippen LogP contribution in [0.25, 0.3) is 0 Å². The average Bonchev–Trinajstić information content (AvgIpc) is 2.29. The zero-order chi connectivity index (χ0) is 12.9. The minimum Gasteiger partial charge on any atom is -0.305 e. The molecule has 0 bridgehead atoms. The van der Waals surface area contributed by atoms with Crippen molar-refractivity contribution in [2.24, 2.45) is 0 Å². The van der Waals surface area contributed by atoms with Gasteiger partial charge in [-0.15, -0.1) is 0 Å². The van der Waals surface area contributed by atoms with Gasteiger partial charge in [0.1, 0.15) is 0 Å². The zero-order valence-electron chi connectivity index (χ0n) is 11.4. The lowest BCUT2D eigenvalue weighted by molar-refractivity contribution is 0.315. The molecule has 0 aliphatic rings. The molecule has 1 aromatic rings. The van der Waals surface area contributed by atoms with Gasteiger partial charge in [-0.1, -0.05) is 44.0 Å². The summed E-state index contributed by atoms with van der Waals surface area (Å²) < 4.78 is 0. The molecule has 1 aromatic carbocycles. The third-order valence-electron chi connectivity index (χ3n) is 3.30. The number of hydrogen-bond donors (Lipinski definition) is 1. The Morgan fingerprint density at radius 3 is 2.24 bits per heavy atom. The van der Waals surface area contributed by atoms with Crippen molar-refractivity contribution in [1.29, 1.82) is 0 Å². The van der Waals surface area contributed by atoms with E-state index in [4.69, 9.17) is 11.6 Å². The van der Waals surface area contributed by atoms with Crippen LogP contribution in [-0.4, -0.2) is 5.54 Å². The van der Waals surface area contributed by atoms with Crippen LogP contribution in [0.5, 0.6) is 0 Å². The third-order valence-corrected chi connectivity index (χ3v) is 3.55. The van der Waals surface area contributed by atoms with Crippen LogP contribution in [0.2, 0.25) is 5.02 Å². The highest BCUT2D eigenvalue weighted by molar-refractivity contribution is 6.30. The molecule has 2 heteroatoms. The number of halogens is 1. The van der Waals surface area contributed by atoms with Gasteiger partial charge in [-0.25, -0.2) is 0 Å². The summed E-state index contributed by atoms with van der Waals surface area (Å²) in [7, 11) is 0. The summed E-state index contributed by atoms with van der Waals surface area (Å²) in [5, 5.41) is 4.54. The molecule has 0 aliphatic carbocycles. The molecule has 0 heterocycles. The van der Waals surface area contributed by atoms with Crippen LogP contribution in [0.4, 0.5) is 0 Å². The van der Waals surface area contributed by atoms with Crippen molar-refractivity contribution in [3.63, 3.8) is 0 Å². The first-order valence-corrected chi connectivity index (χ1v) is 6.89. The van der Waals surface area contributed by atoms with Crippen LogP contribution < -0.4 is 5.32 Å². The van der Waals surface area contributed by atoms with Gasteiger partial charge in [0.15, 0.2) is 0 Å². The molecule has 0 fully saturated rings. The van der Waals surface area contributed by atoms with E-state index in [1.54, 1.807) is 0 Å². The maximum absolute atomic E-state index is 5.93. The molecule has 0 spiro atoms. The molecule has 1 N–H and O–H groups in total. The maximum Gasteiger partial charge on any atom is 0.0406 e. The van der Waals surface area contributed by atoms with Crippen molar-refractivity contribution in [3.8, 4) is 0 Å². The molecule has 0 amide bonds. The Labute approximate surface area is 111 Å². The second-order valence-corrected chi connectivity index (χ2v) is 5.71. The van der Waals surface area contributed by atoms with Crippen LogP contribution in [0.1, 0.15) is 58.6 Å². The lowest BCUT2D eigenvalue weighted by Crippen LogP contribution is -2.41. The summed E-state index contributed by atoms with van der Waals surface area (Å²) in [5.74, 6) is 0. The Morgan fingerprint density at radius 1 is 1.18 bits per heavy atom. The van der Waals surface area contributed by atoms with Crippen LogP contribution in [0.3, 0.4) is 0 Å². The fraction of sp³-hybridized carbons (Fsp3) is 0.600. The molecule has 0 aliphatic heterocycles. The Balaban J connectivity index is 2.81. The van der Waals surface area contributed by atoms with E-state index >= 15 is 0 Å². The van der Waals surface area contributed by atoms with Gasteiger partial charge >= 0.3 is 0 Å². The number of benzene rings is 1. The maximum atomic E-state index is 5.93. The summed E-state index contributed by atoms with van der Waals surface area (Å²) in [5.41, 5.74) is 1.51. The fourth-order valence-corrected chi connectivity index (χ4v) is 2.01. The van der Waals surface area contributed by atoms with Crippen molar-refractivity contribution in [2.45, 2.75) is 58.5 Å². The Hall–Kier alpha value is -0.530. The first-order valence-electron chi connectivity index (χ1n) is 6.51. The van der Waals surface area contributed by atoms with Crippen molar-refractivity contribution >= 4 is 11.6 Å². The second kappa shape index (κ2) is 6.42. The molecule has 1 unspecified atom stereocenters. The molecule has 0 saturated carbocycles.